The second-order valence-corrected chi connectivity index (χ2v) is 10.1. The van der Waals surface area contributed by atoms with E-state index in [1.165, 1.54) is 30.3 Å². The first-order valence-electron chi connectivity index (χ1n) is 9.15. The molecule has 0 radical (unpaired) electrons. The normalized spacial score (nSPS) is 12.0. The molecule has 6 nitrogen and oxygen atoms in total. The Morgan fingerprint density at radius 2 is 1.20 bits per heavy atom. The van der Waals surface area contributed by atoms with Crippen LogP contribution in [0.5, 0.6) is 0 Å². The number of hydrogen-bond donors (Lipinski definition) is 2. The zero-order chi connectivity index (χ0) is 21.6. The van der Waals surface area contributed by atoms with Crippen molar-refractivity contribution >= 4 is 20.0 Å². The highest BCUT2D eigenvalue weighted by molar-refractivity contribution is 7.90. The molecule has 2 N–H and O–H groups in total. The van der Waals surface area contributed by atoms with Crippen LogP contribution in [-0.4, -0.2) is 23.4 Å². The van der Waals surface area contributed by atoms with Crippen molar-refractivity contribution in [2.75, 3.05) is 6.54 Å². The number of rotatable bonds is 9. The van der Waals surface area contributed by atoms with Gasteiger partial charge in [0.05, 0.1) is 9.79 Å². The first-order valence-corrected chi connectivity index (χ1v) is 12.1. The van der Waals surface area contributed by atoms with Crippen molar-refractivity contribution in [2.45, 2.75) is 22.8 Å². The summed E-state index contributed by atoms with van der Waals surface area (Å²) in [7, 11) is -7.63. The van der Waals surface area contributed by atoms with E-state index in [1.807, 2.05) is 18.2 Å². The summed E-state index contributed by atoms with van der Waals surface area (Å²) in [6.45, 7) is 0.142. The summed E-state index contributed by atoms with van der Waals surface area (Å²) in [6.07, 6.45) is 0.196. The van der Waals surface area contributed by atoms with Crippen molar-refractivity contribution in [2.24, 2.45) is 0 Å². The average molecular weight is 449 g/mol. The van der Waals surface area contributed by atoms with Gasteiger partial charge in [-0.1, -0.05) is 48.5 Å². The number of halogens is 1. The molecule has 0 bridgehead atoms. The van der Waals surface area contributed by atoms with Gasteiger partial charge < -0.3 is 0 Å². The lowest BCUT2D eigenvalue weighted by atomic mass is 10.1. The molecule has 0 heterocycles. The highest BCUT2D eigenvalue weighted by atomic mass is 32.2. The lowest BCUT2D eigenvalue weighted by Gasteiger charge is -2.10. The van der Waals surface area contributed by atoms with Gasteiger partial charge >= 0.3 is 0 Å². The Bertz CT molecular complexity index is 1200. The van der Waals surface area contributed by atoms with E-state index in [0.29, 0.717) is 5.56 Å². The maximum absolute atomic E-state index is 13.6. The average Bonchev–Trinajstić information content (AvgIpc) is 2.74. The van der Waals surface area contributed by atoms with Gasteiger partial charge in [0.2, 0.25) is 20.0 Å². The zero-order valence-corrected chi connectivity index (χ0v) is 17.6. The second kappa shape index (κ2) is 9.48. The summed E-state index contributed by atoms with van der Waals surface area (Å²) < 4.78 is 68.1. The fraction of sp³-hybridized carbons (Fsp3) is 0.143. The topological polar surface area (TPSA) is 92.3 Å². The Morgan fingerprint density at radius 1 is 0.667 bits per heavy atom. The third kappa shape index (κ3) is 5.73. The standard InChI is InChI=1S/C21H21FN2O4S2/c22-21-9-5-4-8-18(21)14-15-23-29(25,26)19-10-12-20(13-11-19)30(27,28)24-16-17-6-2-1-3-7-17/h1-13,23-24H,14-16H2. The SMILES string of the molecule is O=S(=O)(NCCc1ccccc1F)c1ccc(S(=O)(=O)NCc2ccccc2)cc1. The van der Waals surface area contributed by atoms with Crippen LogP contribution in [-0.2, 0) is 33.0 Å². The fourth-order valence-corrected chi connectivity index (χ4v) is 4.81. The molecule has 0 saturated carbocycles. The van der Waals surface area contributed by atoms with Crippen molar-refractivity contribution in [1.29, 1.82) is 0 Å². The molecule has 158 valence electrons. The Balaban J connectivity index is 1.62. The molecule has 0 aromatic heterocycles. The van der Waals surface area contributed by atoms with Crippen molar-refractivity contribution in [1.82, 2.24) is 9.44 Å². The van der Waals surface area contributed by atoms with Crippen LogP contribution in [0.2, 0.25) is 0 Å². The molecule has 0 amide bonds. The van der Waals surface area contributed by atoms with Crippen LogP contribution in [0.15, 0.2) is 88.7 Å². The molecule has 0 aliphatic rings. The first kappa shape index (κ1) is 22.1. The van der Waals surface area contributed by atoms with E-state index >= 15 is 0 Å². The quantitative estimate of drug-likeness (QED) is 0.527. The highest BCUT2D eigenvalue weighted by Crippen LogP contribution is 2.15. The minimum atomic E-state index is -3.85. The maximum atomic E-state index is 13.6. The molecule has 0 aliphatic carbocycles. The molecule has 30 heavy (non-hydrogen) atoms. The van der Waals surface area contributed by atoms with Crippen molar-refractivity contribution in [3.05, 3.63) is 95.8 Å². The summed E-state index contributed by atoms with van der Waals surface area (Å²) in [5.41, 5.74) is 1.21. The van der Waals surface area contributed by atoms with Gasteiger partial charge in [-0.25, -0.2) is 30.7 Å². The van der Waals surface area contributed by atoms with Gasteiger partial charge in [0.15, 0.2) is 0 Å². The van der Waals surface area contributed by atoms with E-state index in [-0.39, 0.29) is 29.3 Å². The molecule has 0 fully saturated rings. The fourth-order valence-electron chi connectivity index (χ4n) is 2.76. The molecule has 3 aromatic carbocycles. The highest BCUT2D eigenvalue weighted by Gasteiger charge is 2.18. The third-order valence-corrected chi connectivity index (χ3v) is 7.29. The molecule has 0 unspecified atom stereocenters. The predicted octanol–water partition coefficient (Wildman–Crippen LogP) is 2.83. The van der Waals surface area contributed by atoms with Crippen LogP contribution >= 0.6 is 0 Å². The van der Waals surface area contributed by atoms with Crippen LogP contribution < -0.4 is 9.44 Å². The van der Waals surface area contributed by atoms with E-state index in [0.717, 1.165) is 5.56 Å². The van der Waals surface area contributed by atoms with Crippen LogP contribution in [0.1, 0.15) is 11.1 Å². The summed E-state index contributed by atoms with van der Waals surface area (Å²) in [4.78, 5) is -0.109. The second-order valence-electron chi connectivity index (χ2n) is 6.52. The molecule has 3 aromatic rings. The Kier molecular flexibility index (Phi) is 6.99. The number of nitrogens with one attached hydrogen (secondary N) is 2. The summed E-state index contributed by atoms with van der Waals surface area (Å²) >= 11 is 0. The van der Waals surface area contributed by atoms with Gasteiger partial charge in [0, 0.05) is 13.1 Å². The summed E-state index contributed by atoms with van der Waals surface area (Å²) in [6, 6.07) is 20.1. The maximum Gasteiger partial charge on any atom is 0.240 e. The van der Waals surface area contributed by atoms with E-state index in [9.17, 15) is 21.2 Å². The smallest absolute Gasteiger partial charge is 0.211 e. The zero-order valence-electron chi connectivity index (χ0n) is 16.0. The van der Waals surface area contributed by atoms with Gasteiger partial charge in [0.25, 0.3) is 0 Å². The van der Waals surface area contributed by atoms with Crippen LogP contribution in [0, 0.1) is 5.82 Å². The van der Waals surface area contributed by atoms with Crippen LogP contribution in [0.25, 0.3) is 0 Å². The number of sulfonamides is 2. The van der Waals surface area contributed by atoms with Crippen molar-refractivity contribution in [3.8, 4) is 0 Å². The largest absolute Gasteiger partial charge is 0.240 e. The molecular formula is C21H21FN2O4S2. The number of hydrogen-bond acceptors (Lipinski definition) is 4. The molecule has 3 rings (SSSR count). The Morgan fingerprint density at radius 3 is 1.80 bits per heavy atom. The Labute approximate surface area is 175 Å². The molecule has 0 aliphatic heterocycles. The summed E-state index contributed by atoms with van der Waals surface area (Å²) in [5.74, 6) is -0.394. The minimum Gasteiger partial charge on any atom is -0.211 e. The lowest BCUT2D eigenvalue weighted by Crippen LogP contribution is -2.26. The first-order chi connectivity index (χ1) is 14.3. The van der Waals surface area contributed by atoms with Crippen LogP contribution in [0.4, 0.5) is 4.39 Å². The van der Waals surface area contributed by atoms with Gasteiger partial charge in [-0.3, -0.25) is 0 Å². The molecule has 0 spiro atoms. The van der Waals surface area contributed by atoms with Gasteiger partial charge in [-0.05, 0) is 47.9 Å². The van der Waals surface area contributed by atoms with Crippen molar-refractivity contribution in [3.63, 3.8) is 0 Å². The molecule has 0 atom stereocenters. The molecular weight excluding hydrogens is 427 g/mol. The van der Waals surface area contributed by atoms with E-state index in [4.69, 9.17) is 0 Å². The minimum absolute atomic E-state index is 0.0158. The van der Waals surface area contributed by atoms with E-state index in [2.05, 4.69) is 9.44 Å². The lowest BCUT2D eigenvalue weighted by molar-refractivity contribution is 0.575. The third-order valence-electron chi connectivity index (χ3n) is 4.40. The summed E-state index contributed by atoms with van der Waals surface area (Å²) in [5, 5.41) is 0. The predicted molar refractivity (Wildman–Crippen MR) is 112 cm³/mol. The van der Waals surface area contributed by atoms with Gasteiger partial charge in [-0.2, -0.15) is 0 Å². The van der Waals surface area contributed by atoms with Gasteiger partial charge in [-0.15, -0.1) is 0 Å². The van der Waals surface area contributed by atoms with Crippen molar-refractivity contribution < 1.29 is 21.2 Å². The monoisotopic (exact) mass is 448 g/mol. The van der Waals surface area contributed by atoms with E-state index < -0.39 is 25.9 Å². The van der Waals surface area contributed by atoms with Gasteiger partial charge in [0.1, 0.15) is 5.82 Å². The molecule has 0 saturated heterocycles. The van der Waals surface area contributed by atoms with E-state index in [1.54, 1.807) is 30.3 Å². The van der Waals surface area contributed by atoms with Crippen LogP contribution in [0.3, 0.4) is 0 Å². The Hall–Kier alpha value is -2.59. The molecule has 9 heteroatoms. The number of benzene rings is 3.